The summed E-state index contributed by atoms with van der Waals surface area (Å²) in [4.78, 5) is 41.1. The minimum atomic E-state index is -0.523. The van der Waals surface area contributed by atoms with Crippen molar-refractivity contribution in [3.63, 3.8) is 0 Å². The molecule has 1 atom stereocenters. The molecule has 2 heterocycles. The Morgan fingerprint density at radius 2 is 1.67 bits per heavy atom. The van der Waals surface area contributed by atoms with Crippen molar-refractivity contribution in [3.8, 4) is 5.75 Å². The van der Waals surface area contributed by atoms with Gasteiger partial charge < -0.3 is 14.5 Å². The zero-order chi connectivity index (χ0) is 24.6. The van der Waals surface area contributed by atoms with Gasteiger partial charge in [0.25, 0.3) is 5.91 Å². The molecule has 36 heavy (non-hydrogen) atoms. The molecule has 3 aliphatic rings. The third kappa shape index (κ3) is 4.17. The number of ether oxygens (including phenoxy) is 1. The van der Waals surface area contributed by atoms with E-state index in [2.05, 4.69) is 53.4 Å². The fourth-order valence-electron chi connectivity index (χ4n) is 5.59. The van der Waals surface area contributed by atoms with Crippen LogP contribution in [0.1, 0.15) is 51.9 Å². The molecule has 0 aromatic heterocycles. The molecule has 182 valence electrons. The average molecular weight is 481 g/mol. The van der Waals surface area contributed by atoms with Crippen molar-refractivity contribution in [1.29, 1.82) is 0 Å². The van der Waals surface area contributed by atoms with Gasteiger partial charge in [-0.05, 0) is 47.7 Å². The van der Waals surface area contributed by atoms with E-state index in [1.54, 1.807) is 11.0 Å². The number of hydrogen-bond acceptors (Lipinski definition) is 5. The molecular formula is C30H28N2O4. The van der Waals surface area contributed by atoms with E-state index in [0.717, 1.165) is 30.6 Å². The minimum Gasteiger partial charge on any atom is -0.489 e. The molecule has 1 unspecified atom stereocenters. The quantitative estimate of drug-likeness (QED) is 0.487. The highest BCUT2D eigenvalue weighted by Crippen LogP contribution is 2.35. The predicted octanol–water partition coefficient (Wildman–Crippen LogP) is 4.47. The number of carbonyl (C=O) groups excluding carboxylic acids is 3. The second kappa shape index (κ2) is 9.26. The lowest BCUT2D eigenvalue weighted by Gasteiger charge is -2.29. The number of Topliss-reactive ketones (excluding diaryl/α,β-unsaturated/α-hetero) is 2. The SMILES string of the molecule is O=C1CCC(N2Cc3c(OCc4ccc(CN5CCc6ccccc65)cc4)cccc3C2=O)C(=O)C1. The van der Waals surface area contributed by atoms with Gasteiger partial charge in [0.2, 0.25) is 0 Å². The summed E-state index contributed by atoms with van der Waals surface area (Å²) in [5.41, 5.74) is 6.45. The molecule has 0 radical (unpaired) electrons. The molecule has 1 aliphatic carbocycles. The van der Waals surface area contributed by atoms with Crippen LogP contribution in [-0.4, -0.2) is 35.0 Å². The Kier molecular flexibility index (Phi) is 5.80. The summed E-state index contributed by atoms with van der Waals surface area (Å²) in [5.74, 6) is 0.310. The number of rotatable bonds is 6. The highest BCUT2D eigenvalue weighted by molar-refractivity contribution is 6.07. The number of nitrogens with zero attached hydrogens (tertiary/aromatic N) is 2. The number of para-hydroxylation sites is 1. The predicted molar refractivity (Wildman–Crippen MR) is 136 cm³/mol. The van der Waals surface area contributed by atoms with E-state index < -0.39 is 6.04 Å². The number of carbonyl (C=O) groups is 3. The lowest BCUT2D eigenvalue weighted by atomic mass is 9.92. The molecule has 3 aromatic rings. The first-order valence-electron chi connectivity index (χ1n) is 12.6. The lowest BCUT2D eigenvalue weighted by Crippen LogP contribution is -2.44. The molecule has 0 spiro atoms. The number of amides is 1. The lowest BCUT2D eigenvalue weighted by molar-refractivity contribution is -0.133. The molecule has 6 nitrogen and oxygen atoms in total. The second-order valence-corrected chi connectivity index (χ2v) is 9.86. The first-order valence-corrected chi connectivity index (χ1v) is 12.6. The van der Waals surface area contributed by atoms with Crippen molar-refractivity contribution in [3.05, 3.63) is 94.5 Å². The van der Waals surface area contributed by atoms with E-state index >= 15 is 0 Å². The number of hydrogen-bond donors (Lipinski definition) is 0. The highest BCUT2D eigenvalue weighted by Gasteiger charge is 2.40. The Morgan fingerprint density at radius 3 is 2.50 bits per heavy atom. The van der Waals surface area contributed by atoms with E-state index in [1.807, 2.05) is 12.1 Å². The Balaban J connectivity index is 1.11. The molecule has 0 bridgehead atoms. The van der Waals surface area contributed by atoms with Crippen LogP contribution >= 0.6 is 0 Å². The number of anilines is 1. The van der Waals surface area contributed by atoms with E-state index in [-0.39, 0.29) is 23.9 Å². The average Bonchev–Trinajstić information content (AvgIpc) is 3.45. The van der Waals surface area contributed by atoms with Crippen LogP contribution in [0.3, 0.4) is 0 Å². The second-order valence-electron chi connectivity index (χ2n) is 9.86. The fraction of sp³-hybridized carbons (Fsp3) is 0.300. The van der Waals surface area contributed by atoms with Crippen LogP contribution < -0.4 is 9.64 Å². The van der Waals surface area contributed by atoms with E-state index in [0.29, 0.717) is 37.3 Å². The van der Waals surface area contributed by atoms with Crippen molar-refractivity contribution < 1.29 is 19.1 Å². The largest absolute Gasteiger partial charge is 0.489 e. The number of fused-ring (bicyclic) bond motifs is 2. The maximum atomic E-state index is 13.0. The van der Waals surface area contributed by atoms with Gasteiger partial charge in [-0.25, -0.2) is 0 Å². The normalized spacial score (nSPS) is 19.0. The topological polar surface area (TPSA) is 66.9 Å². The summed E-state index contributed by atoms with van der Waals surface area (Å²) >= 11 is 0. The van der Waals surface area contributed by atoms with Crippen molar-refractivity contribution >= 4 is 23.2 Å². The van der Waals surface area contributed by atoms with Gasteiger partial charge in [0.1, 0.15) is 18.1 Å². The summed E-state index contributed by atoms with van der Waals surface area (Å²) in [5, 5.41) is 0. The van der Waals surface area contributed by atoms with Crippen molar-refractivity contribution in [1.82, 2.24) is 4.90 Å². The third-order valence-corrected chi connectivity index (χ3v) is 7.54. The van der Waals surface area contributed by atoms with Gasteiger partial charge in [-0.1, -0.05) is 48.5 Å². The standard InChI is InChI=1S/C30H28N2O4/c33-23-12-13-27(28(34)16-23)32-18-25-24(30(32)35)5-3-7-29(25)36-19-21-10-8-20(9-11-21)17-31-15-14-22-4-1-2-6-26(22)31/h1-11,27H,12-19H2. The summed E-state index contributed by atoms with van der Waals surface area (Å²) < 4.78 is 6.15. The fourth-order valence-corrected chi connectivity index (χ4v) is 5.59. The molecule has 6 heteroatoms. The maximum Gasteiger partial charge on any atom is 0.255 e. The van der Waals surface area contributed by atoms with Gasteiger partial charge in [0.05, 0.1) is 19.0 Å². The smallest absolute Gasteiger partial charge is 0.255 e. The van der Waals surface area contributed by atoms with E-state index in [9.17, 15) is 14.4 Å². The van der Waals surface area contributed by atoms with Crippen LogP contribution in [0.2, 0.25) is 0 Å². The summed E-state index contributed by atoms with van der Waals surface area (Å²) in [6.45, 7) is 2.66. The van der Waals surface area contributed by atoms with E-state index in [4.69, 9.17) is 4.74 Å². The summed E-state index contributed by atoms with van der Waals surface area (Å²) in [6.07, 6.45) is 1.77. The van der Waals surface area contributed by atoms with Gasteiger partial charge >= 0.3 is 0 Å². The van der Waals surface area contributed by atoms with Gasteiger partial charge in [-0.3, -0.25) is 14.4 Å². The van der Waals surface area contributed by atoms with E-state index in [1.165, 1.54) is 16.8 Å². The van der Waals surface area contributed by atoms with Crippen LogP contribution in [0.15, 0.2) is 66.7 Å². The first-order chi connectivity index (χ1) is 17.6. The van der Waals surface area contributed by atoms with Gasteiger partial charge in [0, 0.05) is 36.3 Å². The minimum absolute atomic E-state index is 0.0410. The zero-order valence-electron chi connectivity index (χ0n) is 20.1. The number of benzene rings is 3. The van der Waals surface area contributed by atoms with Crippen LogP contribution in [0.25, 0.3) is 0 Å². The molecular weight excluding hydrogens is 452 g/mol. The third-order valence-electron chi connectivity index (χ3n) is 7.54. The van der Waals surface area contributed by atoms with Crippen LogP contribution in [0.5, 0.6) is 5.75 Å². The van der Waals surface area contributed by atoms with Gasteiger partial charge in [0.15, 0.2) is 5.78 Å². The maximum absolute atomic E-state index is 13.0. The Morgan fingerprint density at radius 1 is 0.861 bits per heavy atom. The molecule has 3 aromatic carbocycles. The molecule has 1 fully saturated rings. The molecule has 1 saturated carbocycles. The Bertz CT molecular complexity index is 1350. The number of ketones is 2. The molecule has 0 N–H and O–H groups in total. The molecule has 0 saturated heterocycles. The summed E-state index contributed by atoms with van der Waals surface area (Å²) in [6, 6.07) is 22.0. The van der Waals surface area contributed by atoms with Crippen molar-refractivity contribution in [2.75, 3.05) is 11.4 Å². The van der Waals surface area contributed by atoms with Gasteiger partial charge in [-0.2, -0.15) is 0 Å². The first kappa shape index (κ1) is 22.5. The Labute approximate surface area is 210 Å². The van der Waals surface area contributed by atoms with Crippen LogP contribution in [-0.2, 0) is 35.7 Å². The Hall–Kier alpha value is -3.93. The van der Waals surface area contributed by atoms with Crippen molar-refractivity contribution in [2.24, 2.45) is 0 Å². The van der Waals surface area contributed by atoms with Crippen LogP contribution in [0, 0.1) is 0 Å². The summed E-state index contributed by atoms with van der Waals surface area (Å²) in [7, 11) is 0. The monoisotopic (exact) mass is 480 g/mol. The highest BCUT2D eigenvalue weighted by atomic mass is 16.5. The van der Waals surface area contributed by atoms with Gasteiger partial charge in [-0.15, -0.1) is 0 Å². The zero-order valence-corrected chi connectivity index (χ0v) is 20.1. The van der Waals surface area contributed by atoms with Crippen molar-refractivity contribution in [2.45, 2.75) is 51.4 Å². The molecule has 6 rings (SSSR count). The molecule has 2 aliphatic heterocycles. The van der Waals surface area contributed by atoms with Crippen LogP contribution in [0.4, 0.5) is 5.69 Å². The molecule has 1 amide bonds.